The smallest absolute Gasteiger partial charge is 0.320 e. The van der Waals surface area contributed by atoms with Gasteiger partial charge in [-0.05, 0) is 57.8 Å². The van der Waals surface area contributed by atoms with E-state index in [2.05, 4.69) is 39.8 Å². The van der Waals surface area contributed by atoms with Crippen molar-refractivity contribution in [3.05, 3.63) is 47.6 Å². The van der Waals surface area contributed by atoms with Gasteiger partial charge in [-0.2, -0.15) is 20.3 Å². The lowest BCUT2D eigenvalue weighted by atomic mass is 9.86. The highest BCUT2D eigenvalue weighted by Crippen LogP contribution is 2.45. The second-order valence-electron chi connectivity index (χ2n) is 11.3. The minimum absolute atomic E-state index is 0.0631. The van der Waals surface area contributed by atoms with E-state index in [1.54, 1.807) is 6.20 Å². The van der Waals surface area contributed by atoms with Gasteiger partial charge in [0, 0.05) is 35.5 Å². The molecule has 2 unspecified atom stereocenters. The van der Waals surface area contributed by atoms with Crippen LogP contribution in [0.15, 0.2) is 30.7 Å². The summed E-state index contributed by atoms with van der Waals surface area (Å²) in [5.74, 6) is -1.28. The lowest BCUT2D eigenvalue weighted by Gasteiger charge is -2.39. The molecule has 11 nitrogen and oxygen atoms in total. The third kappa shape index (κ3) is 5.25. The fourth-order valence-electron chi connectivity index (χ4n) is 6.41. The maximum Gasteiger partial charge on any atom is 0.320 e. The van der Waals surface area contributed by atoms with Gasteiger partial charge in [0.15, 0.2) is 11.9 Å². The molecule has 1 aromatic carbocycles. The first-order valence-electron chi connectivity index (χ1n) is 14.3. The highest BCUT2D eigenvalue weighted by molar-refractivity contribution is 5.91. The van der Waals surface area contributed by atoms with Crippen molar-refractivity contribution in [3.8, 4) is 23.7 Å². The molecule has 42 heavy (non-hydrogen) atoms. The maximum atomic E-state index is 13.8. The molecule has 2 saturated heterocycles. The number of aromatic amines is 1. The average Bonchev–Trinajstić information content (AvgIpc) is 3.63. The Labute approximate surface area is 243 Å². The van der Waals surface area contributed by atoms with Gasteiger partial charge in [-0.3, -0.25) is 9.89 Å². The summed E-state index contributed by atoms with van der Waals surface area (Å²) in [6.07, 6.45) is 4.46. The number of ether oxygens (including phenoxy) is 3. The van der Waals surface area contributed by atoms with Crippen molar-refractivity contribution in [1.82, 2.24) is 30.0 Å². The molecular formula is C30H34FN7O4. The number of likely N-dealkylation sites (N-methyl/N-ethyl adjacent to an activating group) is 1. The van der Waals surface area contributed by atoms with Crippen LogP contribution in [-0.4, -0.2) is 81.3 Å². The zero-order chi connectivity index (χ0) is 29.4. The Morgan fingerprint density at radius 3 is 2.90 bits per heavy atom. The maximum absolute atomic E-state index is 13.8. The van der Waals surface area contributed by atoms with E-state index in [0.717, 1.165) is 41.4 Å². The number of hydrogen-bond acceptors (Lipinski definition) is 9. The van der Waals surface area contributed by atoms with Gasteiger partial charge >= 0.3 is 6.01 Å². The van der Waals surface area contributed by atoms with Gasteiger partial charge in [0.1, 0.15) is 13.2 Å². The minimum atomic E-state index is -1.03. The molecule has 2 aromatic heterocycles. The van der Waals surface area contributed by atoms with Crippen LogP contribution in [0.25, 0.3) is 10.9 Å². The number of benzene rings is 1. The van der Waals surface area contributed by atoms with Gasteiger partial charge in [-0.1, -0.05) is 12.6 Å². The number of nitriles is 1. The van der Waals surface area contributed by atoms with E-state index >= 15 is 0 Å². The molecule has 1 amide bonds. The molecule has 0 bridgehead atoms. The molecule has 12 heteroatoms. The summed E-state index contributed by atoms with van der Waals surface area (Å²) in [6.45, 7) is 7.13. The standard InChI is InChI=1S/C30H34FN7O4/c1-17-6-7-23-22(14-33-36-23)25(17)24-16-40-27-26(19-9-12-38(29(39)18(2)31)20(13-19)8-10-32)34-30(35-28(27)42-24)41-15-21-5-4-11-37(21)3/h6-7,14,19-21,24H,2,4-5,8-9,11-13,15-16H2,1,3H3,(H,33,36)/t19?,20-,21-,24?/m0/s1. The number of nitrogens with one attached hydrogen (secondary N) is 1. The number of hydrogen-bond donors (Lipinski definition) is 1. The number of amides is 1. The molecule has 5 heterocycles. The van der Waals surface area contributed by atoms with Crippen molar-refractivity contribution in [2.75, 3.05) is 33.4 Å². The summed E-state index contributed by atoms with van der Waals surface area (Å²) < 4.78 is 32.8. The normalized spacial score (nSPS) is 24.0. The van der Waals surface area contributed by atoms with Gasteiger partial charge in [0.25, 0.3) is 11.8 Å². The number of carbonyl (C=O) groups excluding carboxylic acids is 1. The molecule has 0 spiro atoms. The molecule has 3 aromatic rings. The number of aromatic nitrogens is 4. The van der Waals surface area contributed by atoms with E-state index in [-0.39, 0.29) is 37.5 Å². The zero-order valence-corrected chi connectivity index (χ0v) is 23.8. The molecule has 3 aliphatic heterocycles. The first kappa shape index (κ1) is 27.9. The molecule has 0 saturated carbocycles. The summed E-state index contributed by atoms with van der Waals surface area (Å²) in [5.41, 5.74) is 3.52. The fourth-order valence-corrected chi connectivity index (χ4v) is 6.41. The van der Waals surface area contributed by atoms with Crippen molar-refractivity contribution in [3.63, 3.8) is 0 Å². The third-order valence-corrected chi connectivity index (χ3v) is 8.68. The SMILES string of the molecule is C=C(F)C(=O)N1CCC(c2nc(OC[C@@H]3CCCN3C)nc3c2OCC(c2c(C)ccc4[nH]ncc24)O3)C[C@@H]1CC#N. The lowest BCUT2D eigenvalue weighted by Crippen LogP contribution is -2.45. The summed E-state index contributed by atoms with van der Waals surface area (Å²) in [4.78, 5) is 25.6. The lowest BCUT2D eigenvalue weighted by molar-refractivity contribution is -0.132. The van der Waals surface area contributed by atoms with Crippen LogP contribution in [0.3, 0.4) is 0 Å². The minimum Gasteiger partial charge on any atom is -0.482 e. The second kappa shape index (κ2) is 11.6. The average molecular weight is 576 g/mol. The highest BCUT2D eigenvalue weighted by Gasteiger charge is 2.38. The number of piperidine rings is 1. The van der Waals surface area contributed by atoms with E-state index in [9.17, 15) is 14.4 Å². The Balaban J connectivity index is 1.33. The van der Waals surface area contributed by atoms with Crippen LogP contribution in [0.2, 0.25) is 0 Å². The number of likely N-dealkylation sites (tertiary alicyclic amines) is 2. The van der Waals surface area contributed by atoms with Gasteiger partial charge < -0.3 is 24.0 Å². The molecule has 0 radical (unpaired) electrons. The molecule has 4 atom stereocenters. The van der Waals surface area contributed by atoms with Crippen molar-refractivity contribution in [2.45, 2.75) is 63.1 Å². The van der Waals surface area contributed by atoms with E-state index in [1.807, 2.05) is 19.1 Å². The van der Waals surface area contributed by atoms with E-state index in [1.165, 1.54) is 4.90 Å². The Bertz CT molecular complexity index is 1550. The Morgan fingerprint density at radius 1 is 1.29 bits per heavy atom. The second-order valence-corrected chi connectivity index (χ2v) is 11.3. The number of carbonyl (C=O) groups is 1. The number of H-pyrrole nitrogens is 1. The fraction of sp³-hybridized carbons (Fsp3) is 0.500. The van der Waals surface area contributed by atoms with Crippen LogP contribution in [0, 0.1) is 18.3 Å². The predicted molar refractivity (Wildman–Crippen MR) is 151 cm³/mol. The summed E-state index contributed by atoms with van der Waals surface area (Å²) >= 11 is 0. The van der Waals surface area contributed by atoms with Crippen molar-refractivity contribution >= 4 is 16.8 Å². The third-order valence-electron chi connectivity index (χ3n) is 8.68. The summed E-state index contributed by atoms with van der Waals surface area (Å²) in [5, 5.41) is 17.6. The monoisotopic (exact) mass is 575 g/mol. The number of rotatable bonds is 7. The largest absolute Gasteiger partial charge is 0.482 e. The van der Waals surface area contributed by atoms with Crippen LogP contribution in [-0.2, 0) is 4.79 Å². The number of halogens is 1. The van der Waals surface area contributed by atoms with Crippen LogP contribution in [0.5, 0.6) is 17.6 Å². The molecular weight excluding hydrogens is 541 g/mol. The van der Waals surface area contributed by atoms with Crippen LogP contribution in [0.4, 0.5) is 4.39 Å². The molecule has 3 aliphatic rings. The molecule has 0 aliphatic carbocycles. The molecule has 1 N–H and O–H groups in total. The van der Waals surface area contributed by atoms with E-state index < -0.39 is 23.9 Å². The summed E-state index contributed by atoms with van der Waals surface area (Å²) in [6, 6.07) is 6.10. The number of aryl methyl sites for hydroxylation is 1. The topological polar surface area (TPSA) is 129 Å². The van der Waals surface area contributed by atoms with Gasteiger partial charge in [0.2, 0.25) is 5.75 Å². The van der Waals surface area contributed by atoms with Crippen LogP contribution in [0.1, 0.15) is 60.9 Å². The Kier molecular flexibility index (Phi) is 7.68. The van der Waals surface area contributed by atoms with Gasteiger partial charge in [0.05, 0.1) is 29.9 Å². The van der Waals surface area contributed by atoms with Crippen LogP contribution < -0.4 is 14.2 Å². The Morgan fingerprint density at radius 2 is 2.14 bits per heavy atom. The first-order valence-corrected chi connectivity index (χ1v) is 14.3. The van der Waals surface area contributed by atoms with E-state index in [0.29, 0.717) is 36.8 Å². The summed E-state index contributed by atoms with van der Waals surface area (Å²) in [7, 11) is 2.08. The zero-order valence-electron chi connectivity index (χ0n) is 23.8. The van der Waals surface area contributed by atoms with Gasteiger partial charge in [-0.15, -0.1) is 0 Å². The quantitative estimate of drug-likeness (QED) is 0.414. The molecule has 220 valence electrons. The Hall–Kier alpha value is -4.24. The van der Waals surface area contributed by atoms with Crippen molar-refractivity contribution in [1.29, 1.82) is 5.26 Å². The molecule has 2 fully saturated rings. The number of fused-ring (bicyclic) bond motifs is 2. The first-order chi connectivity index (χ1) is 20.3. The van der Waals surface area contributed by atoms with Crippen molar-refractivity contribution in [2.24, 2.45) is 0 Å². The van der Waals surface area contributed by atoms with E-state index in [4.69, 9.17) is 19.2 Å². The van der Waals surface area contributed by atoms with Gasteiger partial charge in [-0.25, -0.2) is 4.39 Å². The highest BCUT2D eigenvalue weighted by atomic mass is 19.1. The van der Waals surface area contributed by atoms with Crippen molar-refractivity contribution < 1.29 is 23.4 Å². The molecule has 6 rings (SSSR count). The van der Waals surface area contributed by atoms with Crippen LogP contribution >= 0.6 is 0 Å². The number of nitrogens with zero attached hydrogens (tertiary/aromatic N) is 6. The predicted octanol–water partition coefficient (Wildman–Crippen LogP) is 4.12.